The van der Waals surface area contributed by atoms with Crippen molar-refractivity contribution in [2.24, 2.45) is 0 Å². The lowest BCUT2D eigenvalue weighted by Gasteiger charge is -2.27. The normalized spacial score (nSPS) is 15.0. The summed E-state index contributed by atoms with van der Waals surface area (Å²) in [6.45, 7) is 2.77. The van der Waals surface area contributed by atoms with E-state index in [-0.39, 0.29) is 5.69 Å². The fourth-order valence-electron chi connectivity index (χ4n) is 2.11. The molecule has 5 nitrogen and oxygen atoms in total. The molecule has 1 saturated heterocycles. The third-order valence-electron chi connectivity index (χ3n) is 3.18. The topological polar surface area (TPSA) is 50.3 Å². The molecule has 3 rings (SSSR count). The number of hydrogen-bond donors (Lipinski definition) is 1. The molecule has 0 saturated carbocycles. The van der Waals surface area contributed by atoms with Gasteiger partial charge in [-0.1, -0.05) is 0 Å². The summed E-state index contributed by atoms with van der Waals surface area (Å²) in [4.78, 5) is 10.3. The Bertz CT molecular complexity index is 632. The first kappa shape index (κ1) is 13.7. The van der Waals surface area contributed by atoms with Crippen molar-refractivity contribution in [2.75, 3.05) is 36.5 Å². The lowest BCUT2D eigenvalue weighted by atomic mass is 10.3. The molecule has 0 radical (unpaired) electrons. The van der Waals surface area contributed by atoms with Crippen LogP contribution in [0.2, 0.25) is 0 Å². The molecule has 0 spiro atoms. The molecule has 0 amide bonds. The number of anilines is 3. The summed E-state index contributed by atoms with van der Waals surface area (Å²) in [7, 11) is 0. The Balaban J connectivity index is 1.81. The number of morpholine rings is 1. The molecule has 1 aliphatic heterocycles. The van der Waals surface area contributed by atoms with Crippen LogP contribution in [0.25, 0.3) is 0 Å². The highest BCUT2D eigenvalue weighted by Crippen LogP contribution is 2.22. The lowest BCUT2D eigenvalue weighted by Crippen LogP contribution is -2.36. The molecule has 1 aromatic heterocycles. The number of nitrogens with zero attached hydrogens (tertiary/aromatic N) is 3. The molecule has 1 fully saturated rings. The van der Waals surface area contributed by atoms with Gasteiger partial charge in [0.2, 0.25) is 0 Å². The third kappa shape index (κ3) is 3.25. The molecule has 2 aromatic rings. The minimum absolute atomic E-state index is 0.0432. The predicted molar refractivity (Wildman–Crippen MR) is 74.7 cm³/mol. The minimum atomic E-state index is -0.539. The predicted octanol–water partition coefficient (Wildman–Crippen LogP) is 2.33. The van der Waals surface area contributed by atoms with Crippen LogP contribution in [0.15, 0.2) is 30.6 Å². The maximum absolute atomic E-state index is 13.6. The van der Waals surface area contributed by atoms with Gasteiger partial charge in [0.25, 0.3) is 0 Å². The molecule has 1 N–H and O–H groups in total. The zero-order chi connectivity index (χ0) is 14.7. The number of aromatic nitrogens is 2. The number of ether oxygens (including phenoxy) is 1. The quantitative estimate of drug-likeness (QED) is 0.941. The van der Waals surface area contributed by atoms with Crippen LogP contribution in [0.4, 0.5) is 26.1 Å². The Labute approximate surface area is 120 Å². The van der Waals surface area contributed by atoms with Crippen molar-refractivity contribution < 1.29 is 13.5 Å². The SMILES string of the molecule is Fc1ccc(F)c(Nc2cc(N3CCOCC3)ncn2)c1. The molecule has 2 heterocycles. The maximum Gasteiger partial charge on any atom is 0.146 e. The standard InChI is InChI=1S/C14H14F2N4O/c15-10-1-2-11(16)12(7-10)19-13-8-14(18-9-17-13)20-3-5-21-6-4-20/h1-2,7-9H,3-6H2,(H,17,18,19). The fraction of sp³-hybridized carbons (Fsp3) is 0.286. The summed E-state index contributed by atoms with van der Waals surface area (Å²) in [5.74, 6) is 0.0906. The Kier molecular flexibility index (Phi) is 3.92. The molecule has 1 aliphatic rings. The number of nitrogens with one attached hydrogen (secondary N) is 1. The monoisotopic (exact) mass is 292 g/mol. The van der Waals surface area contributed by atoms with Gasteiger partial charge in [-0.15, -0.1) is 0 Å². The van der Waals surface area contributed by atoms with Gasteiger partial charge in [-0.05, 0) is 12.1 Å². The van der Waals surface area contributed by atoms with Crippen LogP contribution in [0.3, 0.4) is 0 Å². The van der Waals surface area contributed by atoms with E-state index in [0.717, 1.165) is 37.1 Å². The first-order valence-electron chi connectivity index (χ1n) is 6.59. The summed E-state index contributed by atoms with van der Waals surface area (Å²) in [6, 6.07) is 4.93. The van der Waals surface area contributed by atoms with Crippen molar-refractivity contribution in [1.82, 2.24) is 9.97 Å². The Morgan fingerprint density at radius 3 is 2.71 bits per heavy atom. The highest BCUT2D eigenvalue weighted by atomic mass is 19.1. The van der Waals surface area contributed by atoms with Crippen molar-refractivity contribution >= 4 is 17.3 Å². The summed E-state index contributed by atoms with van der Waals surface area (Å²) < 4.78 is 32.1. The first-order valence-corrected chi connectivity index (χ1v) is 6.59. The van der Waals surface area contributed by atoms with E-state index in [2.05, 4.69) is 20.2 Å². The lowest BCUT2D eigenvalue weighted by molar-refractivity contribution is 0.122. The van der Waals surface area contributed by atoms with Crippen LogP contribution in [-0.4, -0.2) is 36.3 Å². The number of benzene rings is 1. The van der Waals surface area contributed by atoms with E-state index < -0.39 is 11.6 Å². The fourth-order valence-corrected chi connectivity index (χ4v) is 2.11. The number of hydrogen-bond acceptors (Lipinski definition) is 5. The molecule has 0 aliphatic carbocycles. The van der Waals surface area contributed by atoms with E-state index in [4.69, 9.17) is 4.74 Å². The average molecular weight is 292 g/mol. The van der Waals surface area contributed by atoms with E-state index in [1.807, 2.05) is 0 Å². The van der Waals surface area contributed by atoms with E-state index in [9.17, 15) is 8.78 Å². The second-order valence-corrected chi connectivity index (χ2v) is 4.61. The van der Waals surface area contributed by atoms with Crippen molar-refractivity contribution in [2.45, 2.75) is 0 Å². The average Bonchev–Trinajstić information content (AvgIpc) is 2.52. The molecule has 7 heteroatoms. The summed E-state index contributed by atoms with van der Waals surface area (Å²) in [6.07, 6.45) is 1.39. The van der Waals surface area contributed by atoms with E-state index in [0.29, 0.717) is 19.0 Å². The second kappa shape index (κ2) is 6.01. The summed E-state index contributed by atoms with van der Waals surface area (Å²) in [5, 5.41) is 2.77. The Morgan fingerprint density at radius 1 is 1.10 bits per heavy atom. The molecule has 0 unspecified atom stereocenters. The largest absolute Gasteiger partial charge is 0.378 e. The van der Waals surface area contributed by atoms with Crippen LogP contribution in [0.5, 0.6) is 0 Å². The van der Waals surface area contributed by atoms with E-state index in [1.54, 1.807) is 6.07 Å². The maximum atomic E-state index is 13.6. The van der Waals surface area contributed by atoms with Gasteiger partial charge in [-0.2, -0.15) is 0 Å². The molecular weight excluding hydrogens is 278 g/mol. The van der Waals surface area contributed by atoms with Crippen molar-refractivity contribution in [3.8, 4) is 0 Å². The Hall–Kier alpha value is -2.28. The third-order valence-corrected chi connectivity index (χ3v) is 3.18. The van der Waals surface area contributed by atoms with Crippen molar-refractivity contribution in [3.05, 3.63) is 42.2 Å². The van der Waals surface area contributed by atoms with Crippen LogP contribution < -0.4 is 10.2 Å². The molecule has 0 atom stereocenters. The van der Waals surface area contributed by atoms with Crippen LogP contribution in [0, 0.1) is 11.6 Å². The van der Waals surface area contributed by atoms with E-state index >= 15 is 0 Å². The van der Waals surface area contributed by atoms with Gasteiger partial charge in [0.05, 0.1) is 18.9 Å². The highest BCUT2D eigenvalue weighted by molar-refractivity contribution is 5.59. The van der Waals surface area contributed by atoms with Gasteiger partial charge in [0.1, 0.15) is 29.6 Å². The molecule has 1 aromatic carbocycles. The number of rotatable bonds is 3. The smallest absolute Gasteiger partial charge is 0.146 e. The Morgan fingerprint density at radius 2 is 1.90 bits per heavy atom. The highest BCUT2D eigenvalue weighted by Gasteiger charge is 2.13. The van der Waals surface area contributed by atoms with Crippen molar-refractivity contribution in [3.63, 3.8) is 0 Å². The molecular formula is C14H14F2N4O. The van der Waals surface area contributed by atoms with Gasteiger partial charge >= 0.3 is 0 Å². The van der Waals surface area contributed by atoms with Gasteiger partial charge < -0.3 is 15.0 Å². The van der Waals surface area contributed by atoms with Crippen LogP contribution in [-0.2, 0) is 4.74 Å². The zero-order valence-electron chi connectivity index (χ0n) is 11.2. The van der Waals surface area contributed by atoms with Gasteiger partial charge in [0.15, 0.2) is 0 Å². The van der Waals surface area contributed by atoms with Crippen molar-refractivity contribution in [1.29, 1.82) is 0 Å². The van der Waals surface area contributed by atoms with Gasteiger partial charge in [-0.25, -0.2) is 18.7 Å². The summed E-state index contributed by atoms with van der Waals surface area (Å²) >= 11 is 0. The first-order chi connectivity index (χ1) is 10.2. The molecule has 110 valence electrons. The van der Waals surface area contributed by atoms with Gasteiger partial charge in [-0.3, -0.25) is 0 Å². The minimum Gasteiger partial charge on any atom is -0.378 e. The molecule has 21 heavy (non-hydrogen) atoms. The second-order valence-electron chi connectivity index (χ2n) is 4.61. The summed E-state index contributed by atoms with van der Waals surface area (Å²) in [5.41, 5.74) is 0.0432. The van der Waals surface area contributed by atoms with Crippen LogP contribution in [0.1, 0.15) is 0 Å². The molecule has 0 bridgehead atoms. The zero-order valence-corrected chi connectivity index (χ0v) is 11.2. The van der Waals surface area contributed by atoms with E-state index in [1.165, 1.54) is 6.33 Å². The number of halogens is 2. The van der Waals surface area contributed by atoms with Crippen LogP contribution >= 0.6 is 0 Å². The van der Waals surface area contributed by atoms with Gasteiger partial charge in [0, 0.05) is 25.2 Å².